The van der Waals surface area contributed by atoms with E-state index in [-0.39, 0.29) is 11.3 Å². The lowest BCUT2D eigenvalue weighted by Gasteiger charge is -2.09. The van der Waals surface area contributed by atoms with Gasteiger partial charge in [-0.15, -0.1) is 0 Å². The highest BCUT2D eigenvalue weighted by Crippen LogP contribution is 2.41. The second-order valence-corrected chi connectivity index (χ2v) is 6.57. The molecule has 2 aromatic heterocycles. The van der Waals surface area contributed by atoms with Crippen LogP contribution >= 0.6 is 0 Å². The third kappa shape index (κ3) is 2.84. The molecule has 6 heteroatoms. The highest BCUT2D eigenvalue weighted by Gasteiger charge is 2.30. The first kappa shape index (κ1) is 15.6. The maximum Gasteiger partial charge on any atom is 0.274 e. The molecule has 4 rings (SSSR count). The molecule has 0 saturated heterocycles. The van der Waals surface area contributed by atoms with Crippen LogP contribution in [0.1, 0.15) is 47.4 Å². The molecule has 2 N–H and O–H groups in total. The summed E-state index contributed by atoms with van der Waals surface area (Å²) in [6.45, 7) is 2.00. The summed E-state index contributed by atoms with van der Waals surface area (Å²) < 4.78 is 1.62. The van der Waals surface area contributed by atoms with Gasteiger partial charge in [-0.05, 0) is 43.4 Å². The summed E-state index contributed by atoms with van der Waals surface area (Å²) in [5.74, 6) is 0.254. The quantitative estimate of drug-likeness (QED) is 0.769. The third-order valence-electron chi connectivity index (χ3n) is 4.72. The molecule has 0 spiro atoms. The second kappa shape index (κ2) is 5.88. The summed E-state index contributed by atoms with van der Waals surface area (Å²) in [5, 5.41) is 7.70. The third-order valence-corrected chi connectivity index (χ3v) is 4.72. The predicted octanol–water partition coefficient (Wildman–Crippen LogP) is 2.95. The molecule has 0 atom stereocenters. The van der Waals surface area contributed by atoms with Crippen LogP contribution in [0.4, 0.5) is 5.69 Å². The topological polar surface area (TPSA) is 79.8 Å². The summed E-state index contributed by atoms with van der Waals surface area (Å²) in [6.07, 6.45) is 4.77. The molecule has 1 aliphatic carbocycles. The maximum atomic E-state index is 12.7. The fourth-order valence-corrected chi connectivity index (χ4v) is 3.19. The van der Waals surface area contributed by atoms with Crippen molar-refractivity contribution in [2.75, 3.05) is 5.32 Å². The SMILES string of the molecule is CCc1cc(=O)c2cc(NC(=O)c3c(C4CC4)cnn3C)ccc2[nH]1. The zero-order valence-electron chi connectivity index (χ0n) is 14.3. The number of fused-ring (bicyclic) bond motifs is 1. The van der Waals surface area contributed by atoms with E-state index in [1.54, 1.807) is 30.1 Å². The Morgan fingerprint density at radius 1 is 1.36 bits per heavy atom. The number of hydrogen-bond donors (Lipinski definition) is 2. The zero-order valence-corrected chi connectivity index (χ0v) is 14.3. The smallest absolute Gasteiger partial charge is 0.274 e. The molecule has 1 aliphatic rings. The van der Waals surface area contributed by atoms with Gasteiger partial charge in [0.25, 0.3) is 5.91 Å². The Morgan fingerprint density at radius 3 is 2.88 bits per heavy atom. The van der Waals surface area contributed by atoms with Gasteiger partial charge in [-0.2, -0.15) is 5.10 Å². The maximum absolute atomic E-state index is 12.7. The van der Waals surface area contributed by atoms with E-state index in [1.807, 2.05) is 19.1 Å². The van der Waals surface area contributed by atoms with Crippen molar-refractivity contribution in [1.29, 1.82) is 0 Å². The van der Waals surface area contributed by atoms with Crippen LogP contribution in [0, 0.1) is 0 Å². The van der Waals surface area contributed by atoms with E-state index in [4.69, 9.17) is 0 Å². The molecular weight excluding hydrogens is 316 g/mol. The van der Waals surface area contributed by atoms with Crippen molar-refractivity contribution in [3.63, 3.8) is 0 Å². The minimum atomic E-state index is -0.192. The number of carbonyl (C=O) groups is 1. The monoisotopic (exact) mass is 336 g/mol. The number of aromatic nitrogens is 3. The number of hydrogen-bond acceptors (Lipinski definition) is 3. The Bertz CT molecular complexity index is 1030. The summed E-state index contributed by atoms with van der Waals surface area (Å²) in [7, 11) is 1.78. The van der Waals surface area contributed by atoms with Gasteiger partial charge in [0.15, 0.2) is 5.43 Å². The Labute approximate surface area is 144 Å². The average molecular weight is 336 g/mol. The first-order valence-electron chi connectivity index (χ1n) is 8.56. The molecule has 0 unspecified atom stereocenters. The standard InChI is InChI=1S/C19H20N4O2/c1-3-12-9-17(24)14-8-13(6-7-16(14)21-12)22-19(25)18-15(11-4-5-11)10-20-23(18)2/h6-11H,3-5H2,1-2H3,(H,21,24)(H,22,25). The fourth-order valence-electron chi connectivity index (χ4n) is 3.19. The van der Waals surface area contributed by atoms with E-state index in [0.29, 0.717) is 22.7 Å². The molecule has 3 aromatic rings. The number of anilines is 1. The van der Waals surface area contributed by atoms with E-state index >= 15 is 0 Å². The number of rotatable bonds is 4. The Kier molecular flexibility index (Phi) is 3.67. The number of H-pyrrole nitrogens is 1. The summed E-state index contributed by atoms with van der Waals surface area (Å²) in [5.41, 5.74) is 3.85. The molecule has 1 amide bonds. The number of carbonyl (C=O) groups excluding carboxylic acids is 1. The second-order valence-electron chi connectivity index (χ2n) is 6.57. The Hall–Kier alpha value is -2.89. The summed E-state index contributed by atoms with van der Waals surface area (Å²) in [4.78, 5) is 28.2. The first-order chi connectivity index (χ1) is 12.1. The number of benzene rings is 1. The van der Waals surface area contributed by atoms with Gasteiger partial charge in [0.2, 0.25) is 0 Å². The lowest BCUT2D eigenvalue weighted by molar-refractivity contribution is 0.101. The molecule has 1 aromatic carbocycles. The normalized spacial score (nSPS) is 14.0. The van der Waals surface area contributed by atoms with Gasteiger partial charge in [0.05, 0.1) is 6.20 Å². The van der Waals surface area contributed by atoms with Crippen LogP contribution in [0.25, 0.3) is 10.9 Å². The number of aryl methyl sites for hydroxylation is 2. The van der Waals surface area contributed by atoms with Gasteiger partial charge in [-0.25, -0.2) is 0 Å². The Balaban J connectivity index is 1.67. The molecule has 1 saturated carbocycles. The lowest BCUT2D eigenvalue weighted by atomic mass is 10.1. The number of nitrogens with zero attached hydrogens (tertiary/aromatic N) is 2. The van der Waals surface area contributed by atoms with Crippen LogP contribution < -0.4 is 10.7 Å². The number of aromatic amines is 1. The molecule has 128 valence electrons. The minimum absolute atomic E-state index is 0.0408. The fraction of sp³-hybridized carbons (Fsp3) is 0.316. The molecule has 0 bridgehead atoms. The predicted molar refractivity (Wildman–Crippen MR) is 97.1 cm³/mol. The molecular formula is C19H20N4O2. The van der Waals surface area contributed by atoms with Crippen molar-refractivity contribution in [2.24, 2.45) is 7.05 Å². The van der Waals surface area contributed by atoms with Crippen molar-refractivity contribution in [3.8, 4) is 0 Å². The largest absolute Gasteiger partial charge is 0.358 e. The van der Waals surface area contributed by atoms with Gasteiger partial charge < -0.3 is 10.3 Å². The van der Waals surface area contributed by atoms with Crippen LogP contribution in [0.3, 0.4) is 0 Å². The van der Waals surface area contributed by atoms with Gasteiger partial charge in [0.1, 0.15) is 5.69 Å². The van der Waals surface area contributed by atoms with E-state index in [0.717, 1.165) is 36.0 Å². The zero-order chi connectivity index (χ0) is 17.6. The van der Waals surface area contributed by atoms with E-state index in [9.17, 15) is 9.59 Å². The van der Waals surface area contributed by atoms with Crippen LogP contribution in [0.15, 0.2) is 35.3 Å². The van der Waals surface area contributed by atoms with Crippen molar-refractivity contribution < 1.29 is 4.79 Å². The van der Waals surface area contributed by atoms with Gasteiger partial charge in [-0.3, -0.25) is 14.3 Å². The van der Waals surface area contributed by atoms with Gasteiger partial charge in [0, 0.05) is 41.0 Å². The molecule has 0 aliphatic heterocycles. The lowest BCUT2D eigenvalue weighted by Crippen LogP contribution is -2.18. The van der Waals surface area contributed by atoms with Crippen molar-refractivity contribution >= 4 is 22.5 Å². The van der Waals surface area contributed by atoms with Crippen molar-refractivity contribution in [3.05, 3.63) is 57.6 Å². The summed E-state index contributed by atoms with van der Waals surface area (Å²) in [6, 6.07) is 6.97. The van der Waals surface area contributed by atoms with Gasteiger partial charge in [-0.1, -0.05) is 6.92 Å². The van der Waals surface area contributed by atoms with E-state index < -0.39 is 0 Å². The number of pyridine rings is 1. The van der Waals surface area contributed by atoms with Crippen LogP contribution in [-0.4, -0.2) is 20.7 Å². The van der Waals surface area contributed by atoms with Crippen molar-refractivity contribution in [2.45, 2.75) is 32.1 Å². The first-order valence-corrected chi connectivity index (χ1v) is 8.56. The van der Waals surface area contributed by atoms with Gasteiger partial charge >= 0.3 is 0 Å². The molecule has 6 nitrogen and oxygen atoms in total. The van der Waals surface area contributed by atoms with Crippen LogP contribution in [0.5, 0.6) is 0 Å². The average Bonchev–Trinajstić information content (AvgIpc) is 3.37. The summed E-state index contributed by atoms with van der Waals surface area (Å²) >= 11 is 0. The van der Waals surface area contributed by atoms with Crippen LogP contribution in [-0.2, 0) is 13.5 Å². The highest BCUT2D eigenvalue weighted by molar-refractivity contribution is 6.05. The Morgan fingerprint density at radius 2 is 2.16 bits per heavy atom. The highest BCUT2D eigenvalue weighted by atomic mass is 16.2. The number of nitrogens with one attached hydrogen (secondary N) is 2. The molecule has 1 fully saturated rings. The molecule has 2 heterocycles. The number of amides is 1. The molecule has 0 radical (unpaired) electrons. The van der Waals surface area contributed by atoms with Crippen molar-refractivity contribution in [1.82, 2.24) is 14.8 Å². The van der Waals surface area contributed by atoms with E-state index in [2.05, 4.69) is 15.4 Å². The minimum Gasteiger partial charge on any atom is -0.358 e. The van der Waals surface area contributed by atoms with E-state index in [1.165, 1.54) is 0 Å². The molecule has 25 heavy (non-hydrogen) atoms. The van der Waals surface area contributed by atoms with Crippen LogP contribution in [0.2, 0.25) is 0 Å².